The molecule has 0 radical (unpaired) electrons. The Morgan fingerprint density at radius 1 is 1.50 bits per heavy atom. The van der Waals surface area contributed by atoms with E-state index < -0.39 is 5.97 Å². The summed E-state index contributed by atoms with van der Waals surface area (Å²) in [6.45, 7) is 6.47. The smallest absolute Gasteiger partial charge is 0.345 e. The lowest BCUT2D eigenvalue weighted by Crippen LogP contribution is -2.04. The van der Waals surface area contributed by atoms with Crippen molar-refractivity contribution in [2.45, 2.75) is 27.3 Å². The van der Waals surface area contributed by atoms with Crippen LogP contribution in [0.4, 0.5) is 0 Å². The molecule has 4 nitrogen and oxygen atoms in total. The summed E-state index contributed by atoms with van der Waals surface area (Å²) < 4.78 is 2.90. The molecule has 0 saturated heterocycles. The summed E-state index contributed by atoms with van der Waals surface area (Å²) in [5, 5.41) is 13.4. The number of carbonyl (C=O) groups is 1. The number of hydrogen-bond donors (Lipinski definition) is 1. The number of hydrogen-bond acceptors (Lipinski definition) is 3. The van der Waals surface area contributed by atoms with Gasteiger partial charge in [-0.1, -0.05) is 0 Å². The number of halogens is 1. The van der Waals surface area contributed by atoms with Crippen LogP contribution in [0.5, 0.6) is 0 Å². The van der Waals surface area contributed by atoms with E-state index in [9.17, 15) is 4.79 Å². The molecule has 1 N–H and O–H groups in total. The van der Waals surface area contributed by atoms with Crippen LogP contribution in [-0.2, 0) is 6.54 Å². The quantitative estimate of drug-likeness (QED) is 0.939. The van der Waals surface area contributed by atoms with E-state index >= 15 is 0 Å². The van der Waals surface area contributed by atoms with Crippen LogP contribution in [0.15, 0.2) is 10.5 Å². The number of aromatic carboxylic acids is 1. The van der Waals surface area contributed by atoms with Crippen molar-refractivity contribution in [1.82, 2.24) is 9.78 Å². The maximum atomic E-state index is 10.9. The second-order valence-electron chi connectivity index (χ2n) is 4.14. The Bertz CT molecular complexity index is 616. The predicted octanol–water partition coefficient (Wildman–Crippen LogP) is 3.38. The molecule has 18 heavy (non-hydrogen) atoms. The maximum absolute atomic E-state index is 10.9. The minimum absolute atomic E-state index is 0.378. The minimum atomic E-state index is -0.871. The molecule has 0 aliphatic heterocycles. The fourth-order valence-corrected chi connectivity index (χ4v) is 2.93. The largest absolute Gasteiger partial charge is 0.477 e. The van der Waals surface area contributed by atoms with Gasteiger partial charge < -0.3 is 5.11 Å². The SMILES string of the molecule is Cc1nn(Cc2cc(C(=O)O)sc2C)c(C)c1Br. The first-order chi connectivity index (χ1) is 8.40. The van der Waals surface area contributed by atoms with Gasteiger partial charge in [0.2, 0.25) is 0 Å². The zero-order valence-electron chi connectivity index (χ0n) is 10.3. The Balaban J connectivity index is 2.34. The highest BCUT2D eigenvalue weighted by molar-refractivity contribution is 9.10. The summed E-state index contributed by atoms with van der Waals surface area (Å²) in [7, 11) is 0. The van der Waals surface area contributed by atoms with Crippen molar-refractivity contribution >= 4 is 33.2 Å². The number of aromatic nitrogens is 2. The van der Waals surface area contributed by atoms with Crippen LogP contribution in [0, 0.1) is 20.8 Å². The second kappa shape index (κ2) is 4.85. The predicted molar refractivity (Wildman–Crippen MR) is 74.5 cm³/mol. The van der Waals surface area contributed by atoms with Crippen molar-refractivity contribution in [3.05, 3.63) is 37.2 Å². The van der Waals surface area contributed by atoms with E-state index in [1.165, 1.54) is 11.3 Å². The van der Waals surface area contributed by atoms with Crippen LogP contribution in [0.1, 0.15) is 31.5 Å². The third kappa shape index (κ3) is 2.35. The van der Waals surface area contributed by atoms with Gasteiger partial charge in [0.25, 0.3) is 0 Å². The molecular formula is C12H13BrN2O2S. The fraction of sp³-hybridized carbons (Fsp3) is 0.333. The van der Waals surface area contributed by atoms with Crippen LogP contribution >= 0.6 is 27.3 Å². The van der Waals surface area contributed by atoms with E-state index in [2.05, 4.69) is 21.0 Å². The lowest BCUT2D eigenvalue weighted by molar-refractivity contribution is 0.0702. The number of rotatable bonds is 3. The van der Waals surface area contributed by atoms with Crippen LogP contribution in [-0.4, -0.2) is 20.9 Å². The topological polar surface area (TPSA) is 55.1 Å². The van der Waals surface area contributed by atoms with Crippen LogP contribution in [0.25, 0.3) is 0 Å². The Kier molecular flexibility index (Phi) is 3.59. The maximum Gasteiger partial charge on any atom is 0.345 e. The molecule has 0 bridgehead atoms. The number of carboxylic acid groups (broad SMARTS) is 1. The molecule has 0 fully saturated rings. The number of carboxylic acids is 1. The van der Waals surface area contributed by atoms with Gasteiger partial charge in [0.15, 0.2) is 0 Å². The molecule has 0 unspecified atom stereocenters. The van der Waals surface area contributed by atoms with E-state index in [0.29, 0.717) is 11.4 Å². The lowest BCUT2D eigenvalue weighted by atomic mass is 10.2. The van der Waals surface area contributed by atoms with Crippen LogP contribution < -0.4 is 0 Å². The van der Waals surface area contributed by atoms with Crippen molar-refractivity contribution in [2.75, 3.05) is 0 Å². The minimum Gasteiger partial charge on any atom is -0.477 e. The summed E-state index contributed by atoms with van der Waals surface area (Å²) in [6.07, 6.45) is 0. The second-order valence-corrected chi connectivity index (χ2v) is 6.19. The van der Waals surface area contributed by atoms with E-state index in [1.54, 1.807) is 6.07 Å². The van der Waals surface area contributed by atoms with E-state index in [4.69, 9.17) is 5.11 Å². The molecule has 0 aliphatic carbocycles. The highest BCUT2D eigenvalue weighted by Gasteiger charge is 2.14. The summed E-state index contributed by atoms with van der Waals surface area (Å²) >= 11 is 4.79. The molecule has 0 aromatic carbocycles. The van der Waals surface area contributed by atoms with Crippen LogP contribution in [0.2, 0.25) is 0 Å². The van der Waals surface area contributed by atoms with Crippen molar-refractivity contribution in [1.29, 1.82) is 0 Å². The zero-order chi connectivity index (χ0) is 13.4. The van der Waals surface area contributed by atoms with Crippen molar-refractivity contribution in [3.8, 4) is 0 Å². The molecule has 0 aliphatic rings. The first kappa shape index (κ1) is 13.3. The Labute approximate surface area is 117 Å². The highest BCUT2D eigenvalue weighted by atomic mass is 79.9. The number of aryl methyl sites for hydroxylation is 2. The monoisotopic (exact) mass is 328 g/mol. The average Bonchev–Trinajstić information content (AvgIpc) is 2.77. The number of nitrogens with zero attached hydrogens (tertiary/aromatic N) is 2. The van der Waals surface area contributed by atoms with Gasteiger partial charge in [0.1, 0.15) is 4.88 Å². The third-order valence-electron chi connectivity index (χ3n) is 2.84. The molecule has 2 aromatic heterocycles. The molecule has 2 rings (SSSR count). The normalized spacial score (nSPS) is 10.9. The molecular weight excluding hydrogens is 316 g/mol. The Morgan fingerprint density at radius 2 is 2.17 bits per heavy atom. The average molecular weight is 329 g/mol. The molecule has 0 atom stereocenters. The van der Waals surface area contributed by atoms with Gasteiger partial charge in [0.05, 0.1) is 22.4 Å². The first-order valence-electron chi connectivity index (χ1n) is 5.42. The van der Waals surface area contributed by atoms with E-state index in [0.717, 1.165) is 26.3 Å². The van der Waals surface area contributed by atoms with Gasteiger partial charge in [-0.15, -0.1) is 11.3 Å². The summed E-state index contributed by atoms with van der Waals surface area (Å²) in [6, 6.07) is 1.73. The number of thiophene rings is 1. The van der Waals surface area contributed by atoms with Gasteiger partial charge in [-0.2, -0.15) is 5.10 Å². The molecule has 6 heteroatoms. The molecule has 96 valence electrons. The first-order valence-corrected chi connectivity index (χ1v) is 7.03. The standard InChI is InChI=1S/C12H13BrN2O2S/c1-6-11(13)7(2)15(14-6)5-9-4-10(12(16)17)18-8(9)3/h4H,5H2,1-3H3,(H,16,17). The van der Waals surface area contributed by atoms with E-state index in [1.807, 2.05) is 25.5 Å². The molecule has 0 saturated carbocycles. The van der Waals surface area contributed by atoms with Gasteiger partial charge in [-0.25, -0.2) is 4.79 Å². The zero-order valence-corrected chi connectivity index (χ0v) is 12.7. The van der Waals surface area contributed by atoms with Crippen molar-refractivity contribution in [2.24, 2.45) is 0 Å². The summed E-state index contributed by atoms with van der Waals surface area (Å²) in [5.74, 6) is -0.871. The molecule has 2 heterocycles. The van der Waals surface area contributed by atoms with Gasteiger partial charge in [-0.3, -0.25) is 4.68 Å². The third-order valence-corrected chi connectivity index (χ3v) is 5.07. The molecule has 2 aromatic rings. The molecule has 0 spiro atoms. The summed E-state index contributed by atoms with van der Waals surface area (Å²) in [4.78, 5) is 12.3. The summed E-state index contributed by atoms with van der Waals surface area (Å²) in [5.41, 5.74) is 3.00. The fourth-order valence-electron chi connectivity index (χ4n) is 1.77. The Morgan fingerprint density at radius 3 is 2.61 bits per heavy atom. The molecule has 0 amide bonds. The van der Waals surface area contributed by atoms with Gasteiger partial charge in [0, 0.05) is 4.88 Å². The van der Waals surface area contributed by atoms with Crippen molar-refractivity contribution in [3.63, 3.8) is 0 Å². The van der Waals surface area contributed by atoms with Crippen LogP contribution in [0.3, 0.4) is 0 Å². The highest BCUT2D eigenvalue weighted by Crippen LogP contribution is 2.25. The van der Waals surface area contributed by atoms with Gasteiger partial charge in [-0.05, 0) is 48.3 Å². The lowest BCUT2D eigenvalue weighted by Gasteiger charge is -2.03. The Hall–Kier alpha value is -1.14. The van der Waals surface area contributed by atoms with E-state index in [-0.39, 0.29) is 0 Å². The van der Waals surface area contributed by atoms with Crippen molar-refractivity contribution < 1.29 is 9.90 Å². The van der Waals surface area contributed by atoms with Gasteiger partial charge >= 0.3 is 5.97 Å².